The van der Waals surface area contributed by atoms with Gasteiger partial charge in [0.2, 0.25) is 0 Å². The molecule has 0 spiro atoms. The van der Waals surface area contributed by atoms with Crippen LogP contribution < -0.4 is 5.73 Å². The summed E-state index contributed by atoms with van der Waals surface area (Å²) in [6.45, 7) is 1.54. The van der Waals surface area contributed by atoms with Gasteiger partial charge in [0, 0.05) is 31.3 Å². The van der Waals surface area contributed by atoms with Crippen molar-refractivity contribution >= 4 is 9.84 Å². The molecule has 2 unspecified atom stereocenters. The minimum atomic E-state index is -2.93. The molecular weight excluding hydrogens is 228 g/mol. The summed E-state index contributed by atoms with van der Waals surface area (Å²) >= 11 is 0. The van der Waals surface area contributed by atoms with Crippen LogP contribution in [0.1, 0.15) is 12.8 Å². The van der Waals surface area contributed by atoms with E-state index in [2.05, 4.69) is 4.90 Å². The number of likely N-dealkylation sites (N-methyl/N-ethyl adjacent to an activating group) is 1. The number of rotatable bonds is 2. The number of hydrogen-bond acceptors (Lipinski definition) is 5. The molecule has 2 N–H and O–H groups in total. The van der Waals surface area contributed by atoms with E-state index in [4.69, 9.17) is 10.5 Å². The molecule has 5 nitrogen and oxygen atoms in total. The molecule has 0 aliphatic carbocycles. The van der Waals surface area contributed by atoms with Gasteiger partial charge in [-0.1, -0.05) is 0 Å². The molecule has 2 saturated heterocycles. The number of nitrogens with zero attached hydrogens (tertiary/aromatic N) is 1. The van der Waals surface area contributed by atoms with E-state index in [0.717, 1.165) is 26.1 Å². The monoisotopic (exact) mass is 248 g/mol. The molecule has 2 atom stereocenters. The van der Waals surface area contributed by atoms with Crippen LogP contribution in [0.15, 0.2) is 0 Å². The lowest BCUT2D eigenvalue weighted by molar-refractivity contribution is 0.0300. The Morgan fingerprint density at radius 1 is 1.25 bits per heavy atom. The van der Waals surface area contributed by atoms with Gasteiger partial charge in [0.1, 0.15) is 0 Å². The van der Waals surface area contributed by atoms with Crippen molar-refractivity contribution in [2.75, 3.05) is 31.8 Å². The molecule has 0 saturated carbocycles. The van der Waals surface area contributed by atoms with Gasteiger partial charge in [0.25, 0.3) is 0 Å². The Labute approximate surface area is 96.9 Å². The van der Waals surface area contributed by atoms with Crippen LogP contribution in [0.4, 0.5) is 0 Å². The van der Waals surface area contributed by atoms with Gasteiger partial charge in [-0.25, -0.2) is 8.42 Å². The first-order valence-corrected chi connectivity index (χ1v) is 7.57. The first-order valence-electron chi connectivity index (χ1n) is 5.75. The summed E-state index contributed by atoms with van der Waals surface area (Å²) in [6.07, 6.45) is 1.94. The van der Waals surface area contributed by atoms with Gasteiger partial charge in [0.15, 0.2) is 9.84 Å². The second-order valence-corrected chi connectivity index (χ2v) is 6.97. The summed E-state index contributed by atoms with van der Waals surface area (Å²) in [5, 5.41) is 0. The van der Waals surface area contributed by atoms with Crippen molar-refractivity contribution in [2.45, 2.75) is 31.0 Å². The Bertz CT molecular complexity index is 338. The summed E-state index contributed by atoms with van der Waals surface area (Å²) < 4.78 is 28.3. The lowest BCUT2D eigenvalue weighted by Crippen LogP contribution is -2.50. The molecule has 0 aromatic carbocycles. The fourth-order valence-electron chi connectivity index (χ4n) is 2.64. The van der Waals surface area contributed by atoms with E-state index in [1.165, 1.54) is 0 Å². The summed E-state index contributed by atoms with van der Waals surface area (Å²) in [5.74, 6) is 0.341. The van der Waals surface area contributed by atoms with Crippen molar-refractivity contribution in [3.05, 3.63) is 0 Å². The van der Waals surface area contributed by atoms with Gasteiger partial charge in [-0.15, -0.1) is 0 Å². The smallest absolute Gasteiger partial charge is 0.153 e. The zero-order valence-electron chi connectivity index (χ0n) is 9.63. The maximum atomic E-state index is 11.5. The first-order chi connectivity index (χ1) is 7.49. The second kappa shape index (κ2) is 4.60. The molecule has 2 fully saturated rings. The molecule has 2 heterocycles. The molecule has 2 aliphatic rings. The van der Waals surface area contributed by atoms with Crippen LogP contribution in [-0.2, 0) is 14.6 Å². The predicted molar refractivity (Wildman–Crippen MR) is 62.0 cm³/mol. The van der Waals surface area contributed by atoms with Crippen LogP contribution in [0.25, 0.3) is 0 Å². The van der Waals surface area contributed by atoms with Crippen molar-refractivity contribution < 1.29 is 13.2 Å². The zero-order chi connectivity index (χ0) is 11.8. The highest BCUT2D eigenvalue weighted by Gasteiger charge is 2.39. The Kier molecular flexibility index (Phi) is 3.53. The highest BCUT2D eigenvalue weighted by molar-refractivity contribution is 7.91. The maximum Gasteiger partial charge on any atom is 0.153 e. The molecule has 0 radical (unpaired) electrons. The van der Waals surface area contributed by atoms with Gasteiger partial charge in [-0.3, -0.25) is 4.90 Å². The summed E-state index contributed by atoms with van der Waals surface area (Å²) in [4.78, 5) is 2.15. The maximum absolute atomic E-state index is 11.5. The lowest BCUT2D eigenvalue weighted by Gasteiger charge is -2.36. The van der Waals surface area contributed by atoms with Crippen LogP contribution in [0, 0.1) is 0 Å². The molecule has 0 aromatic rings. The van der Waals surface area contributed by atoms with Crippen LogP contribution in [0.3, 0.4) is 0 Å². The first kappa shape index (κ1) is 12.3. The summed E-state index contributed by atoms with van der Waals surface area (Å²) in [7, 11) is -0.939. The zero-order valence-corrected chi connectivity index (χ0v) is 10.4. The number of hydrogen-bond donors (Lipinski definition) is 1. The van der Waals surface area contributed by atoms with Crippen LogP contribution in [-0.4, -0.2) is 63.2 Å². The molecule has 6 heteroatoms. The minimum absolute atomic E-state index is 0.0203. The van der Waals surface area contributed by atoms with Gasteiger partial charge in [-0.05, 0) is 19.9 Å². The van der Waals surface area contributed by atoms with Crippen molar-refractivity contribution in [3.63, 3.8) is 0 Å². The highest BCUT2D eigenvalue weighted by atomic mass is 32.2. The third-order valence-electron chi connectivity index (χ3n) is 3.66. The predicted octanol–water partition coefficient (Wildman–Crippen LogP) is -0.778. The minimum Gasteiger partial charge on any atom is -0.381 e. The molecule has 2 rings (SSSR count). The number of sulfone groups is 1. The van der Waals surface area contributed by atoms with Crippen molar-refractivity contribution in [1.29, 1.82) is 0 Å². The third kappa shape index (κ3) is 2.56. The van der Waals surface area contributed by atoms with E-state index in [-0.39, 0.29) is 23.6 Å². The molecule has 0 aromatic heterocycles. The second-order valence-electron chi connectivity index (χ2n) is 4.82. The Hall–Kier alpha value is -0.170. The van der Waals surface area contributed by atoms with Gasteiger partial charge in [0.05, 0.1) is 11.5 Å². The van der Waals surface area contributed by atoms with Crippen molar-refractivity contribution in [2.24, 2.45) is 5.73 Å². The van der Waals surface area contributed by atoms with Gasteiger partial charge < -0.3 is 10.5 Å². The van der Waals surface area contributed by atoms with E-state index in [1.807, 2.05) is 7.05 Å². The summed E-state index contributed by atoms with van der Waals surface area (Å²) in [6, 6.07) is 0.157. The largest absolute Gasteiger partial charge is 0.381 e. The van der Waals surface area contributed by atoms with Crippen molar-refractivity contribution in [1.82, 2.24) is 4.90 Å². The van der Waals surface area contributed by atoms with Crippen LogP contribution in [0.5, 0.6) is 0 Å². The molecule has 94 valence electrons. The van der Waals surface area contributed by atoms with Gasteiger partial charge >= 0.3 is 0 Å². The fourth-order valence-corrected chi connectivity index (χ4v) is 4.59. The van der Waals surface area contributed by atoms with Crippen LogP contribution >= 0.6 is 0 Å². The van der Waals surface area contributed by atoms with E-state index in [0.29, 0.717) is 6.04 Å². The van der Waals surface area contributed by atoms with Gasteiger partial charge in [-0.2, -0.15) is 0 Å². The molecular formula is C10H20N2O3S. The average molecular weight is 248 g/mol. The SMILES string of the molecule is CN(C1CCOCC1)C1CS(=O)(=O)CC1N. The topological polar surface area (TPSA) is 72.6 Å². The summed E-state index contributed by atoms with van der Waals surface area (Å²) in [5.41, 5.74) is 5.91. The third-order valence-corrected chi connectivity index (χ3v) is 5.40. The molecule has 2 aliphatic heterocycles. The van der Waals surface area contributed by atoms with E-state index in [1.54, 1.807) is 0 Å². The number of ether oxygens (including phenoxy) is 1. The molecule has 0 amide bonds. The van der Waals surface area contributed by atoms with E-state index >= 15 is 0 Å². The standard InChI is InChI=1S/C10H20N2O3S/c1-12(8-2-4-15-5-3-8)10-7-16(13,14)6-9(10)11/h8-10H,2-7,11H2,1H3. The lowest BCUT2D eigenvalue weighted by atomic mass is 10.0. The van der Waals surface area contributed by atoms with E-state index in [9.17, 15) is 8.42 Å². The van der Waals surface area contributed by atoms with Crippen molar-refractivity contribution in [3.8, 4) is 0 Å². The fraction of sp³-hybridized carbons (Fsp3) is 1.00. The normalized spacial score (nSPS) is 35.7. The van der Waals surface area contributed by atoms with Crippen LogP contribution in [0.2, 0.25) is 0 Å². The Balaban J connectivity index is 2.01. The Morgan fingerprint density at radius 2 is 1.88 bits per heavy atom. The highest BCUT2D eigenvalue weighted by Crippen LogP contribution is 2.22. The molecule has 0 bridgehead atoms. The number of nitrogens with two attached hydrogens (primary N) is 1. The average Bonchev–Trinajstić information content (AvgIpc) is 2.52. The molecule has 16 heavy (non-hydrogen) atoms. The Morgan fingerprint density at radius 3 is 2.38 bits per heavy atom. The quantitative estimate of drug-likeness (QED) is 0.694. The van der Waals surface area contributed by atoms with E-state index < -0.39 is 9.84 Å².